The molecule has 6 heterocycles. The van der Waals surface area contributed by atoms with Crippen molar-refractivity contribution >= 4 is 11.3 Å². The number of hydrogen-bond acceptors (Lipinski definition) is 5. The molecule has 1 atom stereocenters. The number of pyridine rings is 1. The Balaban J connectivity index is 0.00000157. The van der Waals surface area contributed by atoms with Crippen LogP contribution in [0.1, 0.15) is 30.7 Å². The van der Waals surface area contributed by atoms with E-state index in [0.29, 0.717) is 5.92 Å². The summed E-state index contributed by atoms with van der Waals surface area (Å²) >= 11 is 1.84. The zero-order valence-corrected chi connectivity index (χ0v) is 14.9. The summed E-state index contributed by atoms with van der Waals surface area (Å²) < 4.78 is 6.44. The van der Waals surface area contributed by atoms with Crippen molar-refractivity contribution in [3.63, 3.8) is 0 Å². The van der Waals surface area contributed by atoms with Gasteiger partial charge in [0.05, 0.1) is 0 Å². The van der Waals surface area contributed by atoms with Crippen LogP contribution in [0.5, 0.6) is 5.88 Å². The first kappa shape index (κ1) is 17.0. The van der Waals surface area contributed by atoms with E-state index in [0.717, 1.165) is 25.4 Å². The van der Waals surface area contributed by atoms with E-state index >= 15 is 0 Å². The van der Waals surface area contributed by atoms with Crippen molar-refractivity contribution in [2.24, 2.45) is 5.92 Å². The minimum absolute atomic E-state index is 0. The van der Waals surface area contributed by atoms with Gasteiger partial charge < -0.3 is 10.1 Å². The lowest BCUT2D eigenvalue weighted by Crippen LogP contribution is -2.61. The molecule has 2 aromatic rings. The van der Waals surface area contributed by atoms with Gasteiger partial charge in [-0.15, -0.1) is 11.3 Å². The molecule has 0 amide bonds. The number of ether oxygens (including phenoxy) is 1. The monoisotopic (exact) mass is 357 g/mol. The van der Waals surface area contributed by atoms with E-state index in [9.17, 15) is 0 Å². The predicted octanol–water partition coefficient (Wildman–Crippen LogP) is 3.56. The third kappa shape index (κ3) is 2.78. The van der Waals surface area contributed by atoms with Crippen molar-refractivity contribution in [1.82, 2.24) is 15.2 Å². The van der Waals surface area contributed by atoms with Gasteiger partial charge in [0, 0.05) is 52.5 Å². The molecule has 3 saturated heterocycles. The van der Waals surface area contributed by atoms with Crippen LogP contribution in [-0.2, 0) is 13.0 Å². The number of piperidine rings is 3. The molecule has 2 bridgehead atoms. The molecule has 4 aliphatic heterocycles. The van der Waals surface area contributed by atoms with Crippen molar-refractivity contribution < 1.29 is 4.74 Å². The zero-order chi connectivity index (χ0) is 16.1. The molecule has 4 nitrogen and oxygen atoms in total. The van der Waals surface area contributed by atoms with Crippen LogP contribution in [0.4, 0.5) is 0 Å². The fourth-order valence-electron chi connectivity index (χ4n) is 4.65. The smallest absolute Gasteiger partial charge is 0.217 e. The molecule has 0 aromatic carbocycles. The molecular weight excluding hydrogens is 330 g/mol. The molecule has 2 aromatic heterocycles. The molecule has 25 heavy (non-hydrogen) atoms. The Kier molecular flexibility index (Phi) is 4.34. The van der Waals surface area contributed by atoms with E-state index in [2.05, 4.69) is 33.4 Å². The first-order valence-electron chi connectivity index (χ1n) is 8.90. The predicted molar refractivity (Wildman–Crippen MR) is 103 cm³/mol. The maximum Gasteiger partial charge on any atom is 0.217 e. The fourth-order valence-corrected chi connectivity index (χ4v) is 5.65. The van der Waals surface area contributed by atoms with Crippen molar-refractivity contribution in [2.75, 3.05) is 26.7 Å². The fraction of sp³-hybridized carbons (Fsp3) is 0.550. The number of thiophene rings is 1. The van der Waals surface area contributed by atoms with Crippen LogP contribution in [-0.4, -0.2) is 42.2 Å². The van der Waals surface area contributed by atoms with Crippen molar-refractivity contribution in [3.8, 4) is 16.3 Å². The summed E-state index contributed by atoms with van der Waals surface area (Å²) in [4.78, 5) is 9.90. The van der Waals surface area contributed by atoms with Crippen molar-refractivity contribution in [3.05, 3.63) is 34.8 Å². The third-order valence-corrected chi connectivity index (χ3v) is 6.97. The Bertz CT molecular complexity index is 766. The van der Waals surface area contributed by atoms with Gasteiger partial charge in [0.25, 0.3) is 0 Å². The van der Waals surface area contributed by atoms with Crippen molar-refractivity contribution in [2.45, 2.75) is 38.8 Å². The van der Waals surface area contributed by atoms with Crippen LogP contribution in [0.25, 0.3) is 10.4 Å². The minimum Gasteiger partial charge on any atom is -0.469 e. The highest BCUT2D eigenvalue weighted by Gasteiger charge is 2.52. The maximum atomic E-state index is 6.44. The number of aromatic nitrogens is 1. The quantitative estimate of drug-likeness (QED) is 0.911. The van der Waals surface area contributed by atoms with E-state index in [1.807, 2.05) is 24.6 Å². The summed E-state index contributed by atoms with van der Waals surface area (Å²) in [7, 11) is 1.99. The highest BCUT2D eigenvalue weighted by Crippen LogP contribution is 2.46. The molecule has 134 valence electrons. The molecule has 4 aliphatic rings. The van der Waals surface area contributed by atoms with Crippen LogP contribution < -0.4 is 10.1 Å². The Labute approximate surface area is 154 Å². The van der Waals surface area contributed by atoms with E-state index < -0.39 is 0 Å². The first-order chi connectivity index (χ1) is 11.8. The second kappa shape index (κ2) is 6.38. The molecule has 1 N–H and O–H groups in total. The molecule has 5 heteroatoms. The highest BCUT2D eigenvalue weighted by molar-refractivity contribution is 7.15. The summed E-state index contributed by atoms with van der Waals surface area (Å²) in [6, 6.07) is 6.72. The van der Waals surface area contributed by atoms with Gasteiger partial charge in [-0.2, -0.15) is 0 Å². The SMILES string of the molecule is C.CNCc1ccc(-c2cnc3c(c2)CC2(CN4CCC2CC4)O3)s1. The molecular formula is C20H27N3OS. The molecule has 0 saturated carbocycles. The van der Waals surface area contributed by atoms with Gasteiger partial charge in [-0.05, 0) is 51.2 Å². The summed E-state index contributed by atoms with van der Waals surface area (Å²) in [6.07, 6.45) is 5.56. The molecule has 3 fully saturated rings. The normalized spacial score (nSPS) is 29.3. The number of nitrogens with one attached hydrogen (secondary N) is 1. The van der Waals surface area contributed by atoms with Crippen LogP contribution >= 0.6 is 11.3 Å². The number of fused-ring (bicyclic) bond motifs is 3. The van der Waals surface area contributed by atoms with E-state index in [1.165, 1.54) is 46.8 Å². The molecule has 6 rings (SSSR count). The Morgan fingerprint density at radius 3 is 2.92 bits per heavy atom. The number of nitrogens with zero attached hydrogens (tertiary/aromatic N) is 2. The lowest BCUT2D eigenvalue weighted by molar-refractivity contribution is -0.0814. The van der Waals surface area contributed by atoms with Crippen LogP contribution in [0.3, 0.4) is 0 Å². The van der Waals surface area contributed by atoms with Gasteiger partial charge in [0.2, 0.25) is 5.88 Å². The van der Waals surface area contributed by atoms with Crippen LogP contribution in [0.15, 0.2) is 24.4 Å². The average molecular weight is 358 g/mol. The summed E-state index contributed by atoms with van der Waals surface area (Å²) in [6.45, 7) is 4.49. The number of hydrogen-bond donors (Lipinski definition) is 1. The topological polar surface area (TPSA) is 37.4 Å². The largest absolute Gasteiger partial charge is 0.469 e. The Morgan fingerprint density at radius 1 is 1.36 bits per heavy atom. The standard InChI is InChI=1S/C19H23N3OS.CH4/c1-20-11-16-2-3-17(24-16)14-8-13-9-19(23-18(13)21-10-14)12-22-6-4-15(19)5-7-22;/h2-3,8,10,15,20H,4-7,9,11-12H2,1H3;1H4. The lowest BCUT2D eigenvalue weighted by atomic mass is 9.73. The van der Waals surface area contributed by atoms with Gasteiger partial charge in [-0.3, -0.25) is 4.90 Å². The number of rotatable bonds is 3. The molecule has 0 aliphatic carbocycles. The van der Waals surface area contributed by atoms with Crippen molar-refractivity contribution in [1.29, 1.82) is 0 Å². The molecule has 1 unspecified atom stereocenters. The average Bonchev–Trinajstić information content (AvgIpc) is 3.19. The van der Waals surface area contributed by atoms with Crippen LogP contribution in [0, 0.1) is 5.92 Å². The van der Waals surface area contributed by atoms with Gasteiger partial charge in [0.15, 0.2) is 0 Å². The maximum absolute atomic E-state index is 6.44. The second-order valence-corrected chi connectivity index (χ2v) is 8.55. The zero-order valence-electron chi connectivity index (χ0n) is 14.0. The van der Waals surface area contributed by atoms with Gasteiger partial charge in [-0.25, -0.2) is 4.98 Å². The summed E-state index contributed by atoms with van der Waals surface area (Å²) in [5, 5.41) is 3.21. The lowest BCUT2D eigenvalue weighted by Gasteiger charge is -2.50. The van der Waals surface area contributed by atoms with Gasteiger partial charge in [-0.1, -0.05) is 7.43 Å². The summed E-state index contributed by atoms with van der Waals surface area (Å²) in [5.41, 5.74) is 2.52. The third-order valence-electron chi connectivity index (χ3n) is 5.83. The molecule has 1 spiro atoms. The van der Waals surface area contributed by atoms with Gasteiger partial charge >= 0.3 is 0 Å². The first-order valence-corrected chi connectivity index (χ1v) is 9.71. The van der Waals surface area contributed by atoms with E-state index in [1.54, 1.807) is 0 Å². The highest BCUT2D eigenvalue weighted by atomic mass is 32.1. The Morgan fingerprint density at radius 2 is 2.20 bits per heavy atom. The minimum atomic E-state index is -0.00278. The van der Waals surface area contributed by atoms with E-state index in [4.69, 9.17) is 4.74 Å². The van der Waals surface area contributed by atoms with Crippen LogP contribution in [0.2, 0.25) is 0 Å². The molecule has 0 radical (unpaired) electrons. The second-order valence-electron chi connectivity index (χ2n) is 7.38. The summed E-state index contributed by atoms with van der Waals surface area (Å²) in [5.74, 6) is 1.57. The van der Waals surface area contributed by atoms with E-state index in [-0.39, 0.29) is 13.0 Å². The van der Waals surface area contributed by atoms with Gasteiger partial charge in [0.1, 0.15) is 5.60 Å². The Hall–Kier alpha value is -1.43.